The molecule has 0 aliphatic rings. The van der Waals surface area contributed by atoms with Crippen molar-refractivity contribution in [2.45, 2.75) is 84.5 Å². The fraction of sp³-hybridized carbons (Fsp3) is 0.824. The first-order valence-corrected chi connectivity index (χ1v) is 8.03. The number of hydrogen-bond donors (Lipinski definition) is 1. The van der Waals surface area contributed by atoms with Gasteiger partial charge in [0.05, 0.1) is 0 Å². The molecule has 1 atom stereocenters. The highest BCUT2D eigenvalue weighted by Crippen LogP contribution is 2.12. The summed E-state index contributed by atoms with van der Waals surface area (Å²) in [5.41, 5.74) is 0. The molecule has 0 saturated carbocycles. The molecular weight excluding hydrogens is 236 g/mol. The monoisotopic (exact) mass is 268 g/mol. The quantitative estimate of drug-likeness (QED) is 0.350. The molecule has 0 heterocycles. The van der Waals surface area contributed by atoms with E-state index in [0.717, 1.165) is 31.6 Å². The highest BCUT2D eigenvalue weighted by molar-refractivity contribution is 5.66. The average Bonchev–Trinajstić information content (AvgIpc) is 2.39. The molecule has 0 aromatic rings. The van der Waals surface area contributed by atoms with Crippen LogP contribution in [0.3, 0.4) is 0 Å². The lowest BCUT2D eigenvalue weighted by atomic mass is 10.0. The molecular formula is C17H32O2. The molecule has 112 valence electrons. The van der Waals surface area contributed by atoms with Crippen LogP contribution in [0.1, 0.15) is 84.5 Å². The van der Waals surface area contributed by atoms with Gasteiger partial charge in [-0.2, -0.15) is 0 Å². The summed E-state index contributed by atoms with van der Waals surface area (Å²) >= 11 is 0. The van der Waals surface area contributed by atoms with Crippen LogP contribution in [0.25, 0.3) is 0 Å². The largest absolute Gasteiger partial charge is 0.481 e. The van der Waals surface area contributed by atoms with Crippen molar-refractivity contribution in [3.8, 4) is 0 Å². The van der Waals surface area contributed by atoms with Gasteiger partial charge in [0.2, 0.25) is 0 Å². The number of rotatable bonds is 13. The van der Waals surface area contributed by atoms with E-state index in [4.69, 9.17) is 5.11 Å². The zero-order valence-corrected chi connectivity index (χ0v) is 12.9. The Balaban J connectivity index is 3.15. The van der Waals surface area contributed by atoms with Crippen LogP contribution in [0.2, 0.25) is 0 Å². The molecule has 0 aliphatic carbocycles. The molecule has 2 nitrogen and oxygen atoms in total. The lowest BCUT2D eigenvalue weighted by Gasteiger charge is -2.06. The van der Waals surface area contributed by atoms with Gasteiger partial charge in [-0.1, -0.05) is 58.1 Å². The second-order valence-corrected chi connectivity index (χ2v) is 5.62. The van der Waals surface area contributed by atoms with Gasteiger partial charge in [-0.3, -0.25) is 4.79 Å². The minimum atomic E-state index is -0.669. The highest BCUT2D eigenvalue weighted by atomic mass is 16.4. The summed E-state index contributed by atoms with van der Waals surface area (Å²) < 4.78 is 0. The predicted octanol–water partition coefficient (Wildman–Crippen LogP) is 5.57. The lowest BCUT2D eigenvalue weighted by Crippen LogP contribution is -1.93. The molecule has 0 saturated heterocycles. The van der Waals surface area contributed by atoms with Crippen molar-refractivity contribution in [2.75, 3.05) is 0 Å². The van der Waals surface area contributed by atoms with Gasteiger partial charge in [0.15, 0.2) is 0 Å². The van der Waals surface area contributed by atoms with Crippen LogP contribution in [0.5, 0.6) is 0 Å². The number of allylic oxidation sites excluding steroid dienone is 2. The van der Waals surface area contributed by atoms with Crippen molar-refractivity contribution in [1.29, 1.82) is 0 Å². The van der Waals surface area contributed by atoms with Crippen molar-refractivity contribution in [3.63, 3.8) is 0 Å². The molecule has 19 heavy (non-hydrogen) atoms. The number of carbonyl (C=O) groups is 1. The number of aliphatic carboxylic acids is 1. The maximum Gasteiger partial charge on any atom is 0.303 e. The van der Waals surface area contributed by atoms with Crippen LogP contribution < -0.4 is 0 Å². The maximum atomic E-state index is 10.3. The summed E-state index contributed by atoms with van der Waals surface area (Å²) in [6, 6.07) is 0. The molecule has 0 fully saturated rings. The van der Waals surface area contributed by atoms with Gasteiger partial charge in [0.1, 0.15) is 0 Å². The number of unbranched alkanes of at least 4 members (excludes halogenated alkanes) is 6. The van der Waals surface area contributed by atoms with E-state index in [1.807, 2.05) is 0 Å². The van der Waals surface area contributed by atoms with E-state index in [-0.39, 0.29) is 0 Å². The summed E-state index contributed by atoms with van der Waals surface area (Å²) in [7, 11) is 0. The van der Waals surface area contributed by atoms with Crippen LogP contribution in [0, 0.1) is 5.92 Å². The Morgan fingerprint density at radius 3 is 2.16 bits per heavy atom. The van der Waals surface area contributed by atoms with Crippen molar-refractivity contribution >= 4 is 5.97 Å². The van der Waals surface area contributed by atoms with Gasteiger partial charge < -0.3 is 5.11 Å². The van der Waals surface area contributed by atoms with E-state index in [1.165, 1.54) is 38.5 Å². The van der Waals surface area contributed by atoms with Crippen molar-refractivity contribution in [3.05, 3.63) is 12.2 Å². The molecule has 0 amide bonds. The number of carboxylic acid groups (broad SMARTS) is 1. The fourth-order valence-electron chi connectivity index (χ4n) is 2.09. The van der Waals surface area contributed by atoms with Gasteiger partial charge in [-0.05, 0) is 38.0 Å². The second kappa shape index (κ2) is 13.6. The standard InChI is InChI=1S/C17H32O2/c1-3-16(2)14-12-10-8-6-4-5-7-9-11-13-15-17(18)19/h4,6,16H,3,5,7-15H2,1-2H3,(H,18,19). The van der Waals surface area contributed by atoms with E-state index < -0.39 is 5.97 Å². The fourth-order valence-corrected chi connectivity index (χ4v) is 2.09. The molecule has 0 bridgehead atoms. The first-order valence-electron chi connectivity index (χ1n) is 8.03. The Morgan fingerprint density at radius 1 is 1.00 bits per heavy atom. The molecule has 0 radical (unpaired) electrons. The Hall–Kier alpha value is -0.790. The third-order valence-corrected chi connectivity index (χ3v) is 3.69. The third-order valence-electron chi connectivity index (χ3n) is 3.69. The third kappa shape index (κ3) is 15.2. The minimum Gasteiger partial charge on any atom is -0.481 e. The summed E-state index contributed by atoms with van der Waals surface area (Å²) in [5, 5.41) is 8.50. The zero-order chi connectivity index (χ0) is 14.3. The van der Waals surface area contributed by atoms with E-state index in [0.29, 0.717) is 6.42 Å². The van der Waals surface area contributed by atoms with Crippen molar-refractivity contribution in [2.24, 2.45) is 5.92 Å². The van der Waals surface area contributed by atoms with Crippen LogP contribution in [-0.4, -0.2) is 11.1 Å². The van der Waals surface area contributed by atoms with Gasteiger partial charge in [0, 0.05) is 6.42 Å². The summed E-state index contributed by atoms with van der Waals surface area (Å²) in [5.74, 6) is 0.215. The van der Waals surface area contributed by atoms with Crippen molar-refractivity contribution in [1.82, 2.24) is 0 Å². The van der Waals surface area contributed by atoms with Crippen LogP contribution >= 0.6 is 0 Å². The Morgan fingerprint density at radius 2 is 1.58 bits per heavy atom. The highest BCUT2D eigenvalue weighted by Gasteiger charge is 1.97. The number of carboxylic acids is 1. The first kappa shape index (κ1) is 18.2. The van der Waals surface area contributed by atoms with E-state index in [9.17, 15) is 4.79 Å². The van der Waals surface area contributed by atoms with E-state index in [2.05, 4.69) is 26.0 Å². The predicted molar refractivity (Wildman–Crippen MR) is 82.4 cm³/mol. The average molecular weight is 268 g/mol. The van der Waals surface area contributed by atoms with Gasteiger partial charge >= 0.3 is 5.97 Å². The maximum absolute atomic E-state index is 10.3. The van der Waals surface area contributed by atoms with Crippen LogP contribution in [-0.2, 0) is 4.79 Å². The Bertz CT molecular complexity index is 233. The summed E-state index contributed by atoms with van der Waals surface area (Å²) in [6.45, 7) is 4.60. The molecule has 0 aromatic carbocycles. The molecule has 0 rings (SSSR count). The van der Waals surface area contributed by atoms with Crippen LogP contribution in [0.15, 0.2) is 12.2 Å². The zero-order valence-electron chi connectivity index (χ0n) is 12.9. The van der Waals surface area contributed by atoms with Gasteiger partial charge in [-0.25, -0.2) is 0 Å². The topological polar surface area (TPSA) is 37.3 Å². The minimum absolute atomic E-state index is 0.325. The molecule has 1 N–H and O–H groups in total. The first-order chi connectivity index (χ1) is 9.16. The summed E-state index contributed by atoms with van der Waals surface area (Å²) in [6.07, 6.45) is 16.9. The Labute approximate surface area is 119 Å². The normalized spacial score (nSPS) is 12.9. The molecule has 1 unspecified atom stereocenters. The Kier molecular flexibility index (Phi) is 13.1. The van der Waals surface area contributed by atoms with E-state index in [1.54, 1.807) is 0 Å². The van der Waals surface area contributed by atoms with Gasteiger partial charge in [0.25, 0.3) is 0 Å². The van der Waals surface area contributed by atoms with E-state index >= 15 is 0 Å². The summed E-state index contributed by atoms with van der Waals surface area (Å²) in [4.78, 5) is 10.3. The lowest BCUT2D eigenvalue weighted by molar-refractivity contribution is -0.137. The molecule has 2 heteroatoms. The SMILES string of the molecule is CCC(C)CCCCC=CCCCCCCC(=O)O. The number of hydrogen-bond acceptors (Lipinski definition) is 1. The smallest absolute Gasteiger partial charge is 0.303 e. The van der Waals surface area contributed by atoms with Crippen LogP contribution in [0.4, 0.5) is 0 Å². The van der Waals surface area contributed by atoms with Gasteiger partial charge in [-0.15, -0.1) is 0 Å². The molecule has 0 aromatic heterocycles. The second-order valence-electron chi connectivity index (χ2n) is 5.62. The molecule has 0 spiro atoms. The molecule has 0 aliphatic heterocycles. The van der Waals surface area contributed by atoms with Crippen molar-refractivity contribution < 1.29 is 9.90 Å².